The fourth-order valence-corrected chi connectivity index (χ4v) is 2.22. The molecule has 0 aromatic carbocycles. The maximum absolute atomic E-state index is 12.9. The summed E-state index contributed by atoms with van der Waals surface area (Å²) < 4.78 is 39.7. The van der Waals surface area contributed by atoms with Crippen LogP contribution in [0.25, 0.3) is 6.08 Å². The molecule has 1 aromatic rings. The molecular weight excluding hydrogens is 271 g/mol. The van der Waals surface area contributed by atoms with E-state index >= 15 is 0 Å². The van der Waals surface area contributed by atoms with Crippen molar-refractivity contribution >= 4 is 6.08 Å². The molecule has 1 aliphatic rings. The van der Waals surface area contributed by atoms with Gasteiger partial charge in [0.2, 0.25) is 0 Å². The predicted molar refractivity (Wildman–Crippen MR) is 69.1 cm³/mol. The maximum Gasteiger partial charge on any atom is 0.433 e. The topological polar surface area (TPSA) is 41.0 Å². The van der Waals surface area contributed by atoms with Crippen LogP contribution in [0.5, 0.6) is 0 Å². The van der Waals surface area contributed by atoms with Gasteiger partial charge in [-0.05, 0) is 25.8 Å². The van der Waals surface area contributed by atoms with E-state index in [0.29, 0.717) is 0 Å². The average Bonchev–Trinajstić information content (AvgIpc) is 2.90. The van der Waals surface area contributed by atoms with Crippen LogP contribution in [0, 0.1) is 0 Å². The summed E-state index contributed by atoms with van der Waals surface area (Å²) in [6.07, 6.45) is -1.73. The first-order valence-electron chi connectivity index (χ1n) is 6.41. The highest BCUT2D eigenvalue weighted by Gasteiger charge is 2.37. The normalized spacial score (nSPS) is 15.7. The number of alkyl halides is 3. The standard InChI is InChI=1S/C13H16F3N3O/c1-3-19-12(20)10(11(17-19)13(14,15)16)7-6-9-5-4-8-18(9)2/h7,17H,3-5,8H2,1-2H3. The molecule has 1 N–H and O–H groups in total. The Labute approximate surface area is 114 Å². The molecular formula is C13H16F3N3O. The molecule has 7 heteroatoms. The van der Waals surface area contributed by atoms with E-state index in [2.05, 4.69) is 10.8 Å². The Morgan fingerprint density at radius 3 is 2.65 bits per heavy atom. The molecule has 0 unspecified atom stereocenters. The number of halogens is 3. The quantitative estimate of drug-likeness (QED) is 0.849. The number of aromatic nitrogens is 2. The summed E-state index contributed by atoms with van der Waals surface area (Å²) >= 11 is 0. The Hall–Kier alpha value is -1.88. The highest BCUT2D eigenvalue weighted by Crippen LogP contribution is 2.30. The molecule has 0 saturated carbocycles. The Kier molecular flexibility index (Phi) is 3.81. The fourth-order valence-electron chi connectivity index (χ4n) is 2.22. The molecule has 110 valence electrons. The largest absolute Gasteiger partial charge is 0.433 e. The third-order valence-corrected chi connectivity index (χ3v) is 3.34. The molecule has 0 spiro atoms. The van der Waals surface area contributed by atoms with Gasteiger partial charge in [-0.25, -0.2) is 0 Å². The van der Waals surface area contributed by atoms with Crippen molar-refractivity contribution < 1.29 is 13.2 Å². The van der Waals surface area contributed by atoms with E-state index in [1.165, 1.54) is 0 Å². The van der Waals surface area contributed by atoms with Crippen LogP contribution in [0.4, 0.5) is 13.2 Å². The number of allylic oxidation sites excluding steroid dienone is 1. The van der Waals surface area contributed by atoms with Crippen LogP contribution >= 0.6 is 0 Å². The van der Waals surface area contributed by atoms with E-state index in [4.69, 9.17) is 0 Å². The zero-order valence-corrected chi connectivity index (χ0v) is 11.3. The van der Waals surface area contributed by atoms with Gasteiger partial charge in [-0.3, -0.25) is 14.6 Å². The van der Waals surface area contributed by atoms with Crippen molar-refractivity contribution in [3.63, 3.8) is 0 Å². The third-order valence-electron chi connectivity index (χ3n) is 3.34. The molecule has 4 nitrogen and oxygen atoms in total. The number of hydrogen-bond donors (Lipinski definition) is 1. The molecule has 0 amide bonds. The lowest BCUT2D eigenvalue weighted by molar-refractivity contribution is -0.141. The van der Waals surface area contributed by atoms with E-state index in [1.54, 1.807) is 6.92 Å². The molecule has 2 rings (SSSR count). The number of likely N-dealkylation sites (tertiary alicyclic amines) is 1. The van der Waals surface area contributed by atoms with Crippen LogP contribution in [-0.4, -0.2) is 28.3 Å². The van der Waals surface area contributed by atoms with Gasteiger partial charge in [0.1, 0.15) is 5.69 Å². The second-order valence-corrected chi connectivity index (χ2v) is 4.71. The molecule has 2 heterocycles. The number of nitrogens with zero attached hydrogens (tertiary/aromatic N) is 2. The summed E-state index contributed by atoms with van der Waals surface area (Å²) in [6, 6.07) is 0. The summed E-state index contributed by atoms with van der Waals surface area (Å²) in [4.78, 5) is 13.8. The van der Waals surface area contributed by atoms with Crippen molar-refractivity contribution in [1.82, 2.24) is 14.7 Å². The zero-order chi connectivity index (χ0) is 14.9. The third kappa shape index (κ3) is 2.67. The van der Waals surface area contributed by atoms with E-state index < -0.39 is 17.4 Å². The van der Waals surface area contributed by atoms with Gasteiger partial charge in [0, 0.05) is 20.1 Å². The molecule has 0 bridgehead atoms. The van der Waals surface area contributed by atoms with Crippen molar-refractivity contribution in [3.8, 4) is 0 Å². The van der Waals surface area contributed by atoms with Crippen molar-refractivity contribution in [1.29, 1.82) is 0 Å². The lowest BCUT2D eigenvalue weighted by Crippen LogP contribution is -2.16. The molecule has 0 radical (unpaired) electrons. The minimum Gasteiger partial charge on any atom is -0.372 e. The first kappa shape index (κ1) is 14.5. The van der Waals surface area contributed by atoms with Gasteiger partial charge in [-0.1, -0.05) is 5.73 Å². The molecule has 1 aromatic heterocycles. The number of aromatic amines is 1. The highest BCUT2D eigenvalue weighted by molar-refractivity contribution is 5.52. The number of nitrogens with one attached hydrogen (secondary N) is 1. The summed E-state index contributed by atoms with van der Waals surface area (Å²) in [5.41, 5.74) is 1.57. The Bertz CT molecular complexity index is 618. The second kappa shape index (κ2) is 5.25. The number of H-pyrrole nitrogens is 1. The van der Waals surface area contributed by atoms with Gasteiger partial charge in [0.15, 0.2) is 0 Å². The minimum absolute atomic E-state index is 0.159. The van der Waals surface area contributed by atoms with Crippen LogP contribution < -0.4 is 5.56 Å². The lowest BCUT2D eigenvalue weighted by atomic mass is 10.2. The van der Waals surface area contributed by atoms with Crippen molar-refractivity contribution in [2.75, 3.05) is 13.6 Å². The zero-order valence-electron chi connectivity index (χ0n) is 11.3. The molecule has 1 aliphatic heterocycles. The SMILES string of the molecule is CCn1[nH]c(C(F)(F)F)c(C=C=C2CCCN2C)c1=O. The average molecular weight is 287 g/mol. The minimum atomic E-state index is -4.58. The lowest BCUT2D eigenvalue weighted by Gasteiger charge is -2.09. The summed E-state index contributed by atoms with van der Waals surface area (Å²) in [6.45, 7) is 2.62. The van der Waals surface area contributed by atoms with Crippen LogP contribution in [0.3, 0.4) is 0 Å². The van der Waals surface area contributed by atoms with Gasteiger partial charge < -0.3 is 4.90 Å². The second-order valence-electron chi connectivity index (χ2n) is 4.71. The van der Waals surface area contributed by atoms with E-state index in [-0.39, 0.29) is 12.1 Å². The van der Waals surface area contributed by atoms with Crippen LogP contribution in [0.2, 0.25) is 0 Å². The number of hydrogen-bond acceptors (Lipinski definition) is 2. The Morgan fingerprint density at radius 1 is 1.45 bits per heavy atom. The Morgan fingerprint density at radius 2 is 2.15 bits per heavy atom. The van der Waals surface area contributed by atoms with Gasteiger partial charge in [-0.2, -0.15) is 13.2 Å². The molecule has 1 saturated heterocycles. The molecule has 0 atom stereocenters. The van der Waals surface area contributed by atoms with Gasteiger partial charge in [-0.15, -0.1) is 0 Å². The highest BCUT2D eigenvalue weighted by atomic mass is 19.4. The van der Waals surface area contributed by atoms with Crippen LogP contribution in [0.1, 0.15) is 31.0 Å². The summed E-state index contributed by atoms with van der Waals surface area (Å²) in [5, 5.41) is 2.11. The van der Waals surface area contributed by atoms with Gasteiger partial charge >= 0.3 is 6.18 Å². The maximum atomic E-state index is 12.9. The van der Waals surface area contributed by atoms with Crippen LogP contribution in [-0.2, 0) is 12.7 Å². The Balaban J connectivity index is 2.53. The monoisotopic (exact) mass is 287 g/mol. The summed E-state index contributed by atoms with van der Waals surface area (Å²) in [7, 11) is 1.86. The molecule has 20 heavy (non-hydrogen) atoms. The van der Waals surface area contributed by atoms with E-state index in [1.807, 2.05) is 11.9 Å². The van der Waals surface area contributed by atoms with Crippen LogP contribution in [0.15, 0.2) is 16.2 Å². The first-order valence-corrected chi connectivity index (χ1v) is 6.41. The van der Waals surface area contributed by atoms with E-state index in [9.17, 15) is 18.0 Å². The summed E-state index contributed by atoms with van der Waals surface area (Å²) in [5.74, 6) is 0. The van der Waals surface area contributed by atoms with Gasteiger partial charge in [0.25, 0.3) is 5.56 Å². The molecule has 0 aliphatic carbocycles. The van der Waals surface area contributed by atoms with Crippen molar-refractivity contribution in [2.24, 2.45) is 0 Å². The van der Waals surface area contributed by atoms with E-state index in [0.717, 1.165) is 35.8 Å². The number of aryl methyl sites for hydroxylation is 1. The number of rotatable bonds is 2. The van der Waals surface area contributed by atoms with Crippen molar-refractivity contribution in [3.05, 3.63) is 33.0 Å². The van der Waals surface area contributed by atoms with Crippen molar-refractivity contribution in [2.45, 2.75) is 32.5 Å². The fraction of sp³-hybridized carbons (Fsp3) is 0.538. The van der Waals surface area contributed by atoms with Gasteiger partial charge in [0.05, 0.1) is 11.3 Å². The molecule has 1 fully saturated rings. The predicted octanol–water partition coefficient (Wildman–Crippen LogP) is 2.44. The smallest absolute Gasteiger partial charge is 0.372 e. The first-order chi connectivity index (χ1) is 9.34.